The molecule has 0 spiro atoms. The van der Waals surface area contributed by atoms with E-state index in [2.05, 4.69) is 13.8 Å². The lowest BCUT2D eigenvalue weighted by atomic mass is 9.57. The predicted octanol–water partition coefficient (Wildman–Crippen LogP) is 0.0192. The largest absolute Gasteiger partial charge is 0.470 e. The maximum absolute atomic E-state index is 12.7. The minimum atomic E-state index is -1.52. The van der Waals surface area contributed by atoms with Gasteiger partial charge in [0.2, 0.25) is 6.29 Å². The first-order valence-corrected chi connectivity index (χ1v) is 10.2. The van der Waals surface area contributed by atoms with Crippen LogP contribution < -0.4 is 0 Å². The van der Waals surface area contributed by atoms with Crippen molar-refractivity contribution in [2.24, 2.45) is 17.3 Å². The molecule has 9 unspecified atom stereocenters. The van der Waals surface area contributed by atoms with E-state index in [1.165, 1.54) is 6.26 Å². The van der Waals surface area contributed by atoms with Gasteiger partial charge in [0.15, 0.2) is 5.78 Å². The average molecular weight is 412 g/mol. The molecule has 29 heavy (non-hydrogen) atoms. The van der Waals surface area contributed by atoms with E-state index in [0.717, 1.165) is 12.0 Å². The van der Waals surface area contributed by atoms with E-state index in [9.17, 15) is 30.3 Å². The topological polar surface area (TPSA) is 137 Å². The van der Waals surface area contributed by atoms with E-state index in [4.69, 9.17) is 9.47 Å². The summed E-state index contributed by atoms with van der Waals surface area (Å²) in [5, 5.41) is 49.4. The lowest BCUT2D eigenvalue weighted by Crippen LogP contribution is -2.58. The first-order valence-electron chi connectivity index (χ1n) is 10.2. The van der Waals surface area contributed by atoms with Crippen LogP contribution in [0.25, 0.3) is 0 Å². The number of carbonyl (C=O) groups is 1. The molecule has 9 atom stereocenters. The van der Waals surface area contributed by atoms with Crippen LogP contribution in [0.5, 0.6) is 0 Å². The Kier molecular flexibility index (Phi) is 6.53. The third-order valence-electron chi connectivity index (χ3n) is 7.03. The molecule has 2 fully saturated rings. The smallest absolute Gasteiger partial charge is 0.228 e. The lowest BCUT2D eigenvalue weighted by molar-refractivity contribution is -0.288. The quantitative estimate of drug-likeness (QED) is 0.408. The fraction of sp³-hybridized carbons (Fsp3) is 0.762. The van der Waals surface area contributed by atoms with Gasteiger partial charge in [0.1, 0.15) is 24.4 Å². The minimum Gasteiger partial charge on any atom is -0.470 e. The van der Waals surface area contributed by atoms with Crippen LogP contribution >= 0.6 is 0 Å². The number of hydrogen-bond acceptors (Lipinski definition) is 8. The summed E-state index contributed by atoms with van der Waals surface area (Å²) in [6, 6.07) is 0. The summed E-state index contributed by atoms with van der Waals surface area (Å²) in [5.41, 5.74) is 1.16. The second-order valence-corrected chi connectivity index (χ2v) is 8.87. The highest BCUT2D eigenvalue weighted by Gasteiger charge is 2.48. The van der Waals surface area contributed by atoms with Crippen molar-refractivity contribution < 1.29 is 39.8 Å². The summed E-state index contributed by atoms with van der Waals surface area (Å²) in [5.74, 6) is -0.204. The van der Waals surface area contributed by atoms with Crippen molar-refractivity contribution in [3.05, 3.63) is 23.5 Å². The molecular formula is C21H32O8. The molecule has 1 saturated heterocycles. The van der Waals surface area contributed by atoms with Gasteiger partial charge in [-0.25, -0.2) is 0 Å². The molecule has 0 amide bonds. The van der Waals surface area contributed by atoms with Gasteiger partial charge in [0, 0.05) is 5.92 Å². The fourth-order valence-corrected chi connectivity index (χ4v) is 4.73. The van der Waals surface area contributed by atoms with Crippen molar-refractivity contribution in [2.45, 2.75) is 76.8 Å². The SMILES string of the molecule is CC(=COC1OC(CO)C(O)C(O)C1O)C1CC2(C)C(=CC1=O)C(O)CCC2C. The highest BCUT2D eigenvalue weighted by atomic mass is 16.7. The predicted molar refractivity (Wildman–Crippen MR) is 102 cm³/mol. The molecule has 1 saturated carbocycles. The van der Waals surface area contributed by atoms with Crippen molar-refractivity contribution in [3.8, 4) is 0 Å². The number of rotatable bonds is 4. The van der Waals surface area contributed by atoms with Crippen LogP contribution in [-0.2, 0) is 14.3 Å². The molecule has 1 aliphatic heterocycles. The normalized spacial score (nSPS) is 46.1. The third kappa shape index (κ3) is 4.02. The number of carbonyl (C=O) groups excluding carboxylic acids is 1. The molecule has 0 aromatic rings. The molecule has 1 heterocycles. The van der Waals surface area contributed by atoms with E-state index < -0.39 is 49.3 Å². The summed E-state index contributed by atoms with van der Waals surface area (Å²) in [6.07, 6.45) is -2.40. The first kappa shape index (κ1) is 22.4. The maximum atomic E-state index is 12.7. The van der Waals surface area contributed by atoms with Gasteiger partial charge >= 0.3 is 0 Å². The zero-order valence-corrected chi connectivity index (χ0v) is 17.1. The number of aliphatic hydroxyl groups excluding tert-OH is 5. The van der Waals surface area contributed by atoms with Crippen LogP contribution in [0.3, 0.4) is 0 Å². The van der Waals surface area contributed by atoms with Gasteiger partial charge in [0.05, 0.1) is 19.0 Å². The van der Waals surface area contributed by atoms with Gasteiger partial charge in [-0.1, -0.05) is 13.8 Å². The Labute approximate surface area is 170 Å². The van der Waals surface area contributed by atoms with Crippen LogP contribution in [0.1, 0.15) is 40.0 Å². The zero-order chi connectivity index (χ0) is 21.5. The molecule has 3 rings (SSSR count). The molecule has 0 aromatic carbocycles. The van der Waals surface area contributed by atoms with Crippen molar-refractivity contribution in [1.29, 1.82) is 0 Å². The summed E-state index contributed by atoms with van der Waals surface area (Å²) < 4.78 is 10.8. The van der Waals surface area contributed by atoms with Crippen molar-refractivity contribution in [3.63, 3.8) is 0 Å². The molecule has 8 heteroatoms. The summed E-state index contributed by atoms with van der Waals surface area (Å²) >= 11 is 0. The molecule has 0 aromatic heterocycles. The van der Waals surface area contributed by atoms with Crippen LogP contribution in [0.15, 0.2) is 23.5 Å². The number of aliphatic hydroxyl groups is 5. The second kappa shape index (κ2) is 8.45. The Balaban J connectivity index is 1.75. The monoisotopic (exact) mass is 412 g/mol. The highest BCUT2D eigenvalue weighted by molar-refractivity contribution is 5.95. The van der Waals surface area contributed by atoms with Crippen molar-refractivity contribution in [2.75, 3.05) is 6.61 Å². The molecule has 164 valence electrons. The van der Waals surface area contributed by atoms with Crippen molar-refractivity contribution in [1.82, 2.24) is 0 Å². The van der Waals surface area contributed by atoms with E-state index in [1.807, 2.05) is 0 Å². The third-order valence-corrected chi connectivity index (χ3v) is 7.03. The summed E-state index contributed by atoms with van der Waals surface area (Å²) in [7, 11) is 0. The highest BCUT2D eigenvalue weighted by Crippen LogP contribution is 2.52. The molecule has 0 bridgehead atoms. The van der Waals surface area contributed by atoms with E-state index in [0.29, 0.717) is 24.3 Å². The fourth-order valence-electron chi connectivity index (χ4n) is 4.73. The molecular weight excluding hydrogens is 380 g/mol. The molecule has 8 nitrogen and oxygen atoms in total. The molecule has 5 N–H and O–H groups in total. The number of fused-ring (bicyclic) bond motifs is 1. The van der Waals surface area contributed by atoms with Crippen LogP contribution in [-0.4, -0.2) is 74.7 Å². The Hall–Kier alpha value is -1.29. The van der Waals surface area contributed by atoms with Gasteiger partial charge < -0.3 is 35.0 Å². The first-order chi connectivity index (χ1) is 13.6. The summed E-state index contributed by atoms with van der Waals surface area (Å²) in [4.78, 5) is 12.7. The molecule has 0 radical (unpaired) electrons. The van der Waals surface area contributed by atoms with Crippen LogP contribution in [0.4, 0.5) is 0 Å². The average Bonchev–Trinajstić information content (AvgIpc) is 2.69. The molecule has 3 aliphatic rings. The number of ether oxygens (including phenoxy) is 2. The van der Waals surface area contributed by atoms with Gasteiger partial charge in [-0.15, -0.1) is 0 Å². The van der Waals surface area contributed by atoms with Gasteiger partial charge in [-0.3, -0.25) is 4.79 Å². The van der Waals surface area contributed by atoms with Gasteiger partial charge in [-0.05, 0) is 54.7 Å². The van der Waals surface area contributed by atoms with E-state index >= 15 is 0 Å². The van der Waals surface area contributed by atoms with E-state index in [-0.39, 0.29) is 11.2 Å². The number of ketones is 1. The van der Waals surface area contributed by atoms with Gasteiger partial charge in [0.25, 0.3) is 0 Å². The summed E-state index contributed by atoms with van der Waals surface area (Å²) in [6.45, 7) is 5.42. The Morgan fingerprint density at radius 2 is 1.93 bits per heavy atom. The number of hydrogen-bond donors (Lipinski definition) is 5. The number of allylic oxidation sites excluding steroid dienone is 2. The van der Waals surface area contributed by atoms with Crippen molar-refractivity contribution >= 4 is 5.78 Å². The van der Waals surface area contributed by atoms with Crippen LogP contribution in [0.2, 0.25) is 0 Å². The Morgan fingerprint density at radius 3 is 2.59 bits per heavy atom. The zero-order valence-electron chi connectivity index (χ0n) is 17.1. The standard InChI is InChI=1S/C21H32O8/c1-10(9-28-20-19(27)18(26)17(25)16(8-22)29-20)12-7-21(3)11(2)4-5-14(23)13(21)6-15(12)24/h6,9,11-12,14,16-20,22-23,25-27H,4-5,7-8H2,1-3H3. The lowest BCUT2D eigenvalue weighted by Gasteiger charge is -2.48. The van der Waals surface area contributed by atoms with Gasteiger partial charge in [-0.2, -0.15) is 0 Å². The van der Waals surface area contributed by atoms with E-state index in [1.54, 1.807) is 13.0 Å². The maximum Gasteiger partial charge on any atom is 0.228 e. The Bertz CT molecular complexity index is 686. The second-order valence-electron chi connectivity index (χ2n) is 8.87. The van der Waals surface area contributed by atoms with Crippen LogP contribution in [0, 0.1) is 17.3 Å². The minimum absolute atomic E-state index is 0.100. The molecule has 2 aliphatic carbocycles. The Morgan fingerprint density at radius 1 is 1.24 bits per heavy atom.